The average Bonchev–Trinajstić information content (AvgIpc) is 2.96. The minimum absolute atomic E-state index is 0.000619. The molecule has 1 saturated carbocycles. The Morgan fingerprint density at radius 3 is 2.20 bits per heavy atom. The molecule has 0 saturated heterocycles. The van der Waals surface area contributed by atoms with Gasteiger partial charge in [-0.2, -0.15) is 0 Å². The SMILES string of the molecule is Cc1ccccc1CN(C(=O)CN(c1ccc(F)cc1)S(=O)(=O)c1ccccc1)[C@@H](C)C(=O)NC1CCCCC1. The average molecular weight is 566 g/mol. The molecule has 212 valence electrons. The van der Waals surface area contributed by atoms with Gasteiger partial charge in [-0.05, 0) is 74.2 Å². The van der Waals surface area contributed by atoms with E-state index >= 15 is 0 Å². The first-order valence-electron chi connectivity index (χ1n) is 13.6. The fraction of sp³-hybridized carbons (Fsp3) is 0.355. The minimum atomic E-state index is -4.18. The number of amides is 2. The van der Waals surface area contributed by atoms with E-state index in [9.17, 15) is 22.4 Å². The number of carbonyl (C=O) groups is 2. The van der Waals surface area contributed by atoms with Crippen LogP contribution in [0.5, 0.6) is 0 Å². The van der Waals surface area contributed by atoms with Crippen LogP contribution in [0.15, 0.2) is 83.8 Å². The minimum Gasteiger partial charge on any atom is -0.352 e. The second-order valence-corrected chi connectivity index (χ2v) is 12.1. The summed E-state index contributed by atoms with van der Waals surface area (Å²) in [7, 11) is -4.18. The molecule has 40 heavy (non-hydrogen) atoms. The lowest BCUT2D eigenvalue weighted by atomic mass is 9.95. The number of sulfonamides is 1. The van der Waals surface area contributed by atoms with E-state index in [2.05, 4.69) is 5.32 Å². The van der Waals surface area contributed by atoms with Crippen LogP contribution in [-0.4, -0.2) is 43.8 Å². The van der Waals surface area contributed by atoms with Crippen LogP contribution in [-0.2, 0) is 26.2 Å². The predicted octanol–water partition coefficient (Wildman–Crippen LogP) is 5.20. The third-order valence-corrected chi connectivity index (χ3v) is 9.23. The molecule has 3 aromatic carbocycles. The molecule has 7 nitrogen and oxygen atoms in total. The van der Waals surface area contributed by atoms with Gasteiger partial charge in [0.25, 0.3) is 10.0 Å². The van der Waals surface area contributed by atoms with E-state index in [0.717, 1.165) is 59.7 Å². The van der Waals surface area contributed by atoms with Crippen LogP contribution in [0.25, 0.3) is 0 Å². The van der Waals surface area contributed by atoms with E-state index in [-0.39, 0.29) is 29.1 Å². The predicted molar refractivity (Wildman–Crippen MR) is 154 cm³/mol. The van der Waals surface area contributed by atoms with Crippen molar-refractivity contribution in [1.29, 1.82) is 0 Å². The maximum Gasteiger partial charge on any atom is 0.264 e. The quantitative estimate of drug-likeness (QED) is 0.366. The topological polar surface area (TPSA) is 86.8 Å². The largest absolute Gasteiger partial charge is 0.352 e. The van der Waals surface area contributed by atoms with Crippen LogP contribution in [0.4, 0.5) is 10.1 Å². The number of halogens is 1. The normalized spacial score (nSPS) is 14.8. The van der Waals surface area contributed by atoms with E-state index in [1.165, 1.54) is 29.2 Å². The molecule has 0 aromatic heterocycles. The lowest BCUT2D eigenvalue weighted by molar-refractivity contribution is -0.139. The molecule has 4 rings (SSSR count). The molecule has 1 fully saturated rings. The zero-order valence-corrected chi connectivity index (χ0v) is 23.7. The first kappa shape index (κ1) is 29.3. The molecule has 9 heteroatoms. The van der Waals surface area contributed by atoms with Crippen molar-refractivity contribution in [2.45, 2.75) is 69.5 Å². The molecule has 3 aromatic rings. The van der Waals surface area contributed by atoms with E-state index in [1.54, 1.807) is 25.1 Å². The zero-order valence-electron chi connectivity index (χ0n) is 22.9. The number of rotatable bonds is 10. The number of nitrogens with zero attached hydrogens (tertiary/aromatic N) is 2. The lowest BCUT2D eigenvalue weighted by Crippen LogP contribution is -2.53. The standard InChI is InChI=1S/C31H36FN3O4S/c1-23-11-9-10-12-25(23)21-34(24(2)31(37)33-27-13-5-3-6-14-27)30(36)22-35(28-19-17-26(32)18-20-28)40(38,39)29-15-7-4-8-16-29/h4,7-12,15-20,24,27H,3,5-6,13-14,21-22H2,1-2H3,(H,33,37)/t24-/m0/s1. The fourth-order valence-corrected chi connectivity index (χ4v) is 6.41. The zero-order chi connectivity index (χ0) is 28.7. The van der Waals surface area contributed by atoms with E-state index < -0.39 is 34.3 Å². The molecule has 0 radical (unpaired) electrons. The van der Waals surface area contributed by atoms with E-state index in [1.807, 2.05) is 31.2 Å². The van der Waals surface area contributed by atoms with Crippen molar-refractivity contribution in [1.82, 2.24) is 10.2 Å². The van der Waals surface area contributed by atoms with Gasteiger partial charge in [0, 0.05) is 12.6 Å². The molecule has 0 spiro atoms. The Hall–Kier alpha value is -3.72. The molecular weight excluding hydrogens is 529 g/mol. The van der Waals surface area contributed by atoms with Crippen LogP contribution in [0.3, 0.4) is 0 Å². The molecule has 1 N–H and O–H groups in total. The summed E-state index contributed by atoms with van der Waals surface area (Å²) in [6.07, 6.45) is 5.05. The Bertz CT molecular complexity index is 1410. The molecule has 2 amide bonds. The van der Waals surface area contributed by atoms with Crippen molar-refractivity contribution < 1.29 is 22.4 Å². The molecule has 1 aliphatic carbocycles. The summed E-state index contributed by atoms with van der Waals surface area (Å²) in [5, 5.41) is 3.10. The lowest BCUT2D eigenvalue weighted by Gasteiger charge is -2.33. The first-order chi connectivity index (χ1) is 19.2. The van der Waals surface area contributed by atoms with Gasteiger partial charge in [-0.1, -0.05) is 61.7 Å². The number of carbonyl (C=O) groups excluding carboxylic acids is 2. The first-order valence-corrected chi connectivity index (χ1v) is 15.1. The summed E-state index contributed by atoms with van der Waals surface area (Å²) in [4.78, 5) is 28.8. The monoisotopic (exact) mass is 565 g/mol. The smallest absolute Gasteiger partial charge is 0.264 e. The Labute approximate surface area is 236 Å². The number of aryl methyl sites for hydroxylation is 1. The summed E-state index contributed by atoms with van der Waals surface area (Å²) in [6, 6.07) is 19.5. The van der Waals surface area contributed by atoms with Gasteiger partial charge in [-0.15, -0.1) is 0 Å². The number of anilines is 1. The highest BCUT2D eigenvalue weighted by Gasteiger charge is 2.33. The maximum absolute atomic E-state index is 14.0. The molecular formula is C31H36FN3O4S. The third kappa shape index (κ3) is 7.07. The van der Waals surface area contributed by atoms with Gasteiger partial charge in [0.05, 0.1) is 10.6 Å². The van der Waals surface area contributed by atoms with Gasteiger partial charge in [0.15, 0.2) is 0 Å². The van der Waals surface area contributed by atoms with Crippen molar-refractivity contribution in [3.63, 3.8) is 0 Å². The second-order valence-electron chi connectivity index (χ2n) is 10.3. The van der Waals surface area contributed by atoms with Crippen molar-refractivity contribution in [2.24, 2.45) is 0 Å². The van der Waals surface area contributed by atoms with Crippen LogP contribution in [0, 0.1) is 12.7 Å². The summed E-state index contributed by atoms with van der Waals surface area (Å²) in [5.41, 5.74) is 1.95. The summed E-state index contributed by atoms with van der Waals surface area (Å²) < 4.78 is 42.2. The number of hydrogen-bond acceptors (Lipinski definition) is 4. The molecule has 0 heterocycles. The van der Waals surface area contributed by atoms with E-state index in [0.29, 0.717) is 0 Å². The van der Waals surface area contributed by atoms with Crippen molar-refractivity contribution in [3.05, 3.63) is 95.8 Å². The van der Waals surface area contributed by atoms with Crippen LogP contribution in [0.1, 0.15) is 50.2 Å². The Morgan fingerprint density at radius 2 is 1.55 bits per heavy atom. The summed E-state index contributed by atoms with van der Waals surface area (Å²) >= 11 is 0. The second kappa shape index (κ2) is 13.1. The summed E-state index contributed by atoms with van der Waals surface area (Å²) in [5.74, 6) is -1.34. The number of hydrogen-bond donors (Lipinski definition) is 1. The number of nitrogens with one attached hydrogen (secondary N) is 1. The van der Waals surface area contributed by atoms with Gasteiger partial charge >= 0.3 is 0 Å². The van der Waals surface area contributed by atoms with E-state index in [4.69, 9.17) is 0 Å². The van der Waals surface area contributed by atoms with Crippen molar-refractivity contribution in [3.8, 4) is 0 Å². The van der Waals surface area contributed by atoms with Crippen LogP contribution >= 0.6 is 0 Å². The van der Waals surface area contributed by atoms with Crippen molar-refractivity contribution in [2.75, 3.05) is 10.8 Å². The molecule has 1 aliphatic rings. The Kier molecular flexibility index (Phi) is 9.58. The Balaban J connectivity index is 1.67. The van der Waals surface area contributed by atoms with Gasteiger partial charge < -0.3 is 10.2 Å². The molecule has 0 aliphatic heterocycles. The van der Waals surface area contributed by atoms with Crippen LogP contribution < -0.4 is 9.62 Å². The number of benzene rings is 3. The fourth-order valence-electron chi connectivity index (χ4n) is 4.98. The van der Waals surface area contributed by atoms with Gasteiger partial charge in [0.2, 0.25) is 11.8 Å². The highest BCUT2D eigenvalue weighted by Crippen LogP contribution is 2.25. The third-order valence-electron chi connectivity index (χ3n) is 7.45. The van der Waals surface area contributed by atoms with Crippen LogP contribution in [0.2, 0.25) is 0 Å². The molecule has 1 atom stereocenters. The highest BCUT2D eigenvalue weighted by molar-refractivity contribution is 7.92. The van der Waals surface area contributed by atoms with Gasteiger partial charge in [-0.3, -0.25) is 13.9 Å². The Morgan fingerprint density at radius 1 is 0.925 bits per heavy atom. The molecule has 0 unspecified atom stereocenters. The highest BCUT2D eigenvalue weighted by atomic mass is 32.2. The molecule has 0 bridgehead atoms. The van der Waals surface area contributed by atoms with Gasteiger partial charge in [-0.25, -0.2) is 12.8 Å². The maximum atomic E-state index is 14.0. The summed E-state index contributed by atoms with van der Waals surface area (Å²) in [6.45, 7) is 3.17. The van der Waals surface area contributed by atoms with Crippen molar-refractivity contribution >= 4 is 27.5 Å². The van der Waals surface area contributed by atoms with Gasteiger partial charge in [0.1, 0.15) is 18.4 Å².